The smallest absolute Gasteiger partial charge is 0.327 e. The predicted molar refractivity (Wildman–Crippen MR) is 76.0 cm³/mol. The summed E-state index contributed by atoms with van der Waals surface area (Å²) in [5, 5.41) is 0. The second-order valence-electron chi connectivity index (χ2n) is 5.12. The summed E-state index contributed by atoms with van der Waals surface area (Å²) >= 11 is 0. The van der Waals surface area contributed by atoms with Gasteiger partial charge in [-0.1, -0.05) is 37.6 Å². The quantitative estimate of drug-likeness (QED) is 0.780. The molecule has 0 aromatic heterocycles. The van der Waals surface area contributed by atoms with Gasteiger partial charge in [0.2, 0.25) is 0 Å². The van der Waals surface area contributed by atoms with Gasteiger partial charge in [0, 0.05) is 0 Å². The van der Waals surface area contributed by atoms with Gasteiger partial charge in [0.15, 0.2) is 0 Å². The fourth-order valence-electron chi connectivity index (χ4n) is 2.72. The first kappa shape index (κ1) is 14.1. The van der Waals surface area contributed by atoms with Crippen LogP contribution < -0.4 is 0 Å². The maximum Gasteiger partial charge on any atom is 0.327 e. The van der Waals surface area contributed by atoms with Gasteiger partial charge in [0.1, 0.15) is 6.04 Å². The molecule has 0 amide bonds. The molecular weight excluding hydrogens is 238 g/mol. The van der Waals surface area contributed by atoms with Crippen molar-refractivity contribution in [3.8, 4) is 0 Å². The van der Waals surface area contributed by atoms with E-state index in [2.05, 4.69) is 36.1 Å². The molecule has 3 heteroatoms. The van der Waals surface area contributed by atoms with Gasteiger partial charge in [-0.05, 0) is 43.5 Å². The minimum atomic E-state index is -0.240. The first-order chi connectivity index (χ1) is 9.26. The molecule has 104 valence electrons. The summed E-state index contributed by atoms with van der Waals surface area (Å²) < 4.78 is 5.00. The van der Waals surface area contributed by atoms with Crippen molar-refractivity contribution < 1.29 is 9.53 Å². The SMILES string of the molecule is CCc1ccc(C(C(=O)OC)N2CCCCC2)cc1. The standard InChI is InChI=1S/C16H23NO2/c1-3-13-7-9-14(10-8-13)15(16(18)19-2)17-11-5-4-6-12-17/h7-10,15H,3-6,11-12H2,1-2H3. The third-order valence-electron chi connectivity index (χ3n) is 3.88. The first-order valence-electron chi connectivity index (χ1n) is 7.17. The average Bonchev–Trinajstić information content (AvgIpc) is 2.49. The van der Waals surface area contributed by atoms with Gasteiger partial charge in [0.25, 0.3) is 0 Å². The number of hydrogen-bond donors (Lipinski definition) is 0. The predicted octanol–water partition coefficient (Wildman–Crippen LogP) is 2.95. The minimum Gasteiger partial charge on any atom is -0.468 e. The second kappa shape index (κ2) is 6.71. The Bertz CT molecular complexity index is 407. The molecule has 0 radical (unpaired) electrons. The number of aryl methyl sites for hydroxylation is 1. The van der Waals surface area contributed by atoms with E-state index >= 15 is 0 Å². The summed E-state index contributed by atoms with van der Waals surface area (Å²) in [5.74, 6) is -0.147. The molecule has 1 aromatic rings. The number of carbonyl (C=O) groups is 1. The highest BCUT2D eigenvalue weighted by Gasteiger charge is 2.29. The van der Waals surface area contributed by atoms with Crippen LogP contribution in [0.2, 0.25) is 0 Å². The van der Waals surface area contributed by atoms with Crippen LogP contribution in [-0.2, 0) is 16.0 Å². The number of carbonyl (C=O) groups excluding carboxylic acids is 1. The lowest BCUT2D eigenvalue weighted by atomic mass is 10.00. The Hall–Kier alpha value is -1.35. The zero-order valence-electron chi connectivity index (χ0n) is 11.9. The van der Waals surface area contributed by atoms with Gasteiger partial charge in [0.05, 0.1) is 7.11 Å². The molecule has 1 fully saturated rings. The van der Waals surface area contributed by atoms with Crippen LogP contribution in [0.1, 0.15) is 43.4 Å². The van der Waals surface area contributed by atoms with Crippen molar-refractivity contribution >= 4 is 5.97 Å². The zero-order chi connectivity index (χ0) is 13.7. The number of likely N-dealkylation sites (tertiary alicyclic amines) is 1. The fraction of sp³-hybridized carbons (Fsp3) is 0.562. The van der Waals surface area contributed by atoms with Crippen molar-refractivity contribution in [3.05, 3.63) is 35.4 Å². The van der Waals surface area contributed by atoms with E-state index in [1.54, 1.807) is 0 Å². The normalized spacial score (nSPS) is 18.0. The summed E-state index contributed by atoms with van der Waals surface area (Å²) in [6.45, 7) is 4.10. The van der Waals surface area contributed by atoms with Crippen LogP contribution in [-0.4, -0.2) is 31.1 Å². The Labute approximate surface area is 115 Å². The summed E-state index contributed by atoms with van der Waals surface area (Å²) in [5.41, 5.74) is 2.34. The van der Waals surface area contributed by atoms with Crippen LogP contribution in [0, 0.1) is 0 Å². The maximum absolute atomic E-state index is 12.1. The number of piperidine rings is 1. The van der Waals surface area contributed by atoms with E-state index in [-0.39, 0.29) is 12.0 Å². The van der Waals surface area contributed by atoms with Crippen LogP contribution in [0.3, 0.4) is 0 Å². The minimum absolute atomic E-state index is 0.147. The molecule has 0 N–H and O–H groups in total. The van der Waals surface area contributed by atoms with Gasteiger partial charge in [-0.2, -0.15) is 0 Å². The zero-order valence-corrected chi connectivity index (χ0v) is 11.9. The monoisotopic (exact) mass is 261 g/mol. The van der Waals surface area contributed by atoms with Gasteiger partial charge in [-0.3, -0.25) is 4.90 Å². The third-order valence-corrected chi connectivity index (χ3v) is 3.88. The Morgan fingerprint density at radius 2 is 1.84 bits per heavy atom. The molecule has 1 aliphatic heterocycles. The highest BCUT2D eigenvalue weighted by Crippen LogP contribution is 2.26. The molecule has 1 saturated heterocycles. The van der Waals surface area contributed by atoms with E-state index < -0.39 is 0 Å². The highest BCUT2D eigenvalue weighted by atomic mass is 16.5. The Balaban J connectivity index is 2.22. The second-order valence-corrected chi connectivity index (χ2v) is 5.12. The summed E-state index contributed by atoms with van der Waals surface area (Å²) in [7, 11) is 1.47. The number of ether oxygens (including phenoxy) is 1. The van der Waals surface area contributed by atoms with Crippen molar-refractivity contribution in [2.24, 2.45) is 0 Å². The lowest BCUT2D eigenvalue weighted by Crippen LogP contribution is -2.38. The fourth-order valence-corrected chi connectivity index (χ4v) is 2.72. The molecule has 0 spiro atoms. The number of methoxy groups -OCH3 is 1. The summed E-state index contributed by atoms with van der Waals surface area (Å²) in [4.78, 5) is 14.3. The number of rotatable bonds is 4. The lowest BCUT2D eigenvalue weighted by Gasteiger charge is -2.33. The topological polar surface area (TPSA) is 29.5 Å². The van der Waals surface area contributed by atoms with E-state index in [1.807, 2.05) is 0 Å². The van der Waals surface area contributed by atoms with Crippen molar-refractivity contribution in [2.45, 2.75) is 38.6 Å². The van der Waals surface area contributed by atoms with E-state index in [0.717, 1.165) is 25.1 Å². The molecule has 0 bridgehead atoms. The molecular formula is C16H23NO2. The van der Waals surface area contributed by atoms with Crippen LogP contribution in [0.25, 0.3) is 0 Å². The average molecular weight is 261 g/mol. The molecule has 1 unspecified atom stereocenters. The molecule has 0 saturated carbocycles. The molecule has 1 atom stereocenters. The van der Waals surface area contributed by atoms with Gasteiger partial charge in [-0.15, -0.1) is 0 Å². The van der Waals surface area contributed by atoms with E-state index in [1.165, 1.54) is 31.9 Å². The largest absolute Gasteiger partial charge is 0.468 e. The number of esters is 1. The number of benzene rings is 1. The molecule has 19 heavy (non-hydrogen) atoms. The Morgan fingerprint density at radius 3 is 2.37 bits per heavy atom. The molecule has 1 aromatic carbocycles. The van der Waals surface area contributed by atoms with Crippen molar-refractivity contribution in [2.75, 3.05) is 20.2 Å². The van der Waals surface area contributed by atoms with Crippen LogP contribution in [0.5, 0.6) is 0 Å². The molecule has 1 aliphatic rings. The highest BCUT2D eigenvalue weighted by molar-refractivity contribution is 5.77. The van der Waals surface area contributed by atoms with Crippen molar-refractivity contribution in [1.29, 1.82) is 0 Å². The van der Waals surface area contributed by atoms with E-state index in [0.29, 0.717) is 0 Å². The number of hydrogen-bond acceptors (Lipinski definition) is 3. The summed E-state index contributed by atoms with van der Waals surface area (Å²) in [6.07, 6.45) is 4.62. The number of nitrogens with zero attached hydrogens (tertiary/aromatic N) is 1. The van der Waals surface area contributed by atoms with Crippen LogP contribution >= 0.6 is 0 Å². The van der Waals surface area contributed by atoms with Crippen LogP contribution in [0.4, 0.5) is 0 Å². The van der Waals surface area contributed by atoms with Gasteiger partial charge in [-0.25, -0.2) is 4.79 Å². The Kier molecular flexibility index (Phi) is 4.97. The van der Waals surface area contributed by atoms with Gasteiger partial charge >= 0.3 is 5.97 Å². The third kappa shape index (κ3) is 3.35. The molecule has 1 heterocycles. The van der Waals surface area contributed by atoms with Gasteiger partial charge < -0.3 is 4.74 Å². The van der Waals surface area contributed by atoms with E-state index in [9.17, 15) is 4.79 Å². The van der Waals surface area contributed by atoms with Crippen LogP contribution in [0.15, 0.2) is 24.3 Å². The summed E-state index contributed by atoms with van der Waals surface area (Å²) in [6, 6.07) is 8.10. The first-order valence-corrected chi connectivity index (χ1v) is 7.17. The lowest BCUT2D eigenvalue weighted by molar-refractivity contribution is -0.147. The molecule has 0 aliphatic carbocycles. The molecule has 2 rings (SSSR count). The molecule has 3 nitrogen and oxygen atoms in total. The van der Waals surface area contributed by atoms with Crippen molar-refractivity contribution in [3.63, 3.8) is 0 Å². The van der Waals surface area contributed by atoms with E-state index in [4.69, 9.17) is 4.74 Å². The van der Waals surface area contributed by atoms with Crippen molar-refractivity contribution in [1.82, 2.24) is 4.90 Å². The maximum atomic E-state index is 12.1. The Morgan fingerprint density at radius 1 is 1.21 bits per heavy atom.